The van der Waals surface area contributed by atoms with E-state index in [-0.39, 0.29) is 23.7 Å². The first kappa shape index (κ1) is 24.1. The Kier molecular flexibility index (Phi) is 6.62. The van der Waals surface area contributed by atoms with Gasteiger partial charge in [0.25, 0.3) is 5.56 Å². The van der Waals surface area contributed by atoms with Crippen molar-refractivity contribution < 1.29 is 19.0 Å². The van der Waals surface area contributed by atoms with Gasteiger partial charge in [-0.25, -0.2) is 9.37 Å². The fourth-order valence-corrected chi connectivity index (χ4v) is 3.93. The van der Waals surface area contributed by atoms with Gasteiger partial charge < -0.3 is 19.5 Å². The Balaban J connectivity index is 1.52. The van der Waals surface area contributed by atoms with Gasteiger partial charge in [-0.15, -0.1) is 0 Å². The van der Waals surface area contributed by atoms with Gasteiger partial charge in [0, 0.05) is 26.1 Å². The second-order valence-electron chi connectivity index (χ2n) is 8.73. The predicted molar refractivity (Wildman–Crippen MR) is 127 cm³/mol. The summed E-state index contributed by atoms with van der Waals surface area (Å²) in [6.45, 7) is 3.81. The lowest BCUT2D eigenvalue weighted by Gasteiger charge is -2.38. The molecule has 8 nitrogen and oxygen atoms in total. The van der Waals surface area contributed by atoms with E-state index < -0.39 is 17.0 Å². The molecule has 1 fully saturated rings. The van der Waals surface area contributed by atoms with Crippen molar-refractivity contribution in [3.8, 4) is 17.3 Å². The highest BCUT2D eigenvalue weighted by Gasteiger charge is 2.38. The number of aromatic nitrogens is 3. The Morgan fingerprint density at radius 3 is 2.56 bits per heavy atom. The van der Waals surface area contributed by atoms with Crippen molar-refractivity contribution in [2.24, 2.45) is 0 Å². The molecule has 10 heteroatoms. The third-order valence-electron chi connectivity index (χ3n) is 5.78. The van der Waals surface area contributed by atoms with Gasteiger partial charge in [-0.1, -0.05) is 23.7 Å². The van der Waals surface area contributed by atoms with Crippen LogP contribution < -0.4 is 15.2 Å². The van der Waals surface area contributed by atoms with Crippen LogP contribution in [0.5, 0.6) is 11.6 Å². The van der Waals surface area contributed by atoms with Gasteiger partial charge in [-0.2, -0.15) is 9.78 Å². The number of anilines is 1. The minimum absolute atomic E-state index is 0.102. The molecular formula is C24H26ClFN4O4. The molecule has 0 radical (unpaired) electrons. The Morgan fingerprint density at radius 2 is 1.97 bits per heavy atom. The maximum atomic E-state index is 15.3. The Hall–Kier alpha value is -3.01. The molecule has 0 saturated carbocycles. The lowest BCUT2D eigenvalue weighted by Crippen LogP contribution is -2.49. The van der Waals surface area contributed by atoms with Crippen molar-refractivity contribution in [3.05, 3.63) is 69.7 Å². The molecule has 0 unspecified atom stereocenters. The van der Waals surface area contributed by atoms with E-state index in [0.29, 0.717) is 30.3 Å². The standard InChI is InChI=1S/C24H26ClFN4O4/c1-23(2,32)16-5-8-18(9-6-16)34-20-10-7-17(13-27-20)30-22(31)21(25)19(14-28-30)29(3)24(26)11-4-12-33-15-24/h5-10,13-14,32H,4,11-12,15H2,1-3H3/t24-/m1/s1. The average Bonchev–Trinajstić information content (AvgIpc) is 2.81. The zero-order chi connectivity index (χ0) is 24.5. The van der Waals surface area contributed by atoms with Gasteiger partial charge >= 0.3 is 0 Å². The second kappa shape index (κ2) is 9.32. The van der Waals surface area contributed by atoms with Crippen LogP contribution in [0.2, 0.25) is 5.02 Å². The molecule has 0 aliphatic carbocycles. The van der Waals surface area contributed by atoms with Crippen LogP contribution in [0.3, 0.4) is 0 Å². The molecule has 1 aromatic carbocycles. The summed E-state index contributed by atoms with van der Waals surface area (Å²) in [7, 11) is 1.53. The van der Waals surface area contributed by atoms with E-state index in [4.69, 9.17) is 21.1 Å². The largest absolute Gasteiger partial charge is 0.439 e. The highest BCUT2D eigenvalue weighted by Crippen LogP contribution is 2.33. The maximum Gasteiger partial charge on any atom is 0.292 e. The average molecular weight is 489 g/mol. The first-order valence-corrected chi connectivity index (χ1v) is 11.2. The summed E-state index contributed by atoms with van der Waals surface area (Å²) in [6, 6.07) is 10.2. The summed E-state index contributed by atoms with van der Waals surface area (Å²) in [5.41, 5.74) is -0.211. The van der Waals surface area contributed by atoms with E-state index in [9.17, 15) is 9.90 Å². The number of hydrogen-bond acceptors (Lipinski definition) is 7. The summed E-state index contributed by atoms with van der Waals surface area (Å²) in [5, 5.41) is 14.1. The van der Waals surface area contributed by atoms with Crippen molar-refractivity contribution in [1.29, 1.82) is 0 Å². The Bertz CT molecular complexity index is 1200. The van der Waals surface area contributed by atoms with Crippen LogP contribution in [0.25, 0.3) is 5.69 Å². The van der Waals surface area contributed by atoms with Gasteiger partial charge in [-0.05, 0) is 44.0 Å². The number of alkyl halides is 1. The predicted octanol–water partition coefficient (Wildman–Crippen LogP) is 4.21. The fraction of sp³-hybridized carbons (Fsp3) is 0.375. The molecule has 0 bridgehead atoms. The van der Waals surface area contributed by atoms with Crippen LogP contribution >= 0.6 is 11.6 Å². The van der Waals surface area contributed by atoms with E-state index in [1.807, 2.05) is 0 Å². The Morgan fingerprint density at radius 1 is 1.24 bits per heavy atom. The molecular weight excluding hydrogens is 463 g/mol. The van der Waals surface area contributed by atoms with Gasteiger partial charge in [0.15, 0.2) is 0 Å². The van der Waals surface area contributed by atoms with Crippen molar-refractivity contribution in [3.63, 3.8) is 0 Å². The molecule has 1 aliphatic heterocycles. The van der Waals surface area contributed by atoms with Crippen LogP contribution in [0.1, 0.15) is 32.3 Å². The number of benzene rings is 1. The molecule has 3 heterocycles. The second-order valence-corrected chi connectivity index (χ2v) is 9.11. The zero-order valence-corrected chi connectivity index (χ0v) is 19.9. The third kappa shape index (κ3) is 4.91. The number of pyridine rings is 1. The third-order valence-corrected chi connectivity index (χ3v) is 6.14. The summed E-state index contributed by atoms with van der Waals surface area (Å²) in [6.07, 6.45) is 3.63. The first-order chi connectivity index (χ1) is 16.1. The summed E-state index contributed by atoms with van der Waals surface area (Å²) < 4.78 is 27.4. The molecule has 1 aliphatic rings. The lowest BCUT2D eigenvalue weighted by atomic mass is 9.99. The topological polar surface area (TPSA) is 89.7 Å². The number of aliphatic hydroxyl groups is 1. The highest BCUT2D eigenvalue weighted by atomic mass is 35.5. The van der Waals surface area contributed by atoms with E-state index >= 15 is 4.39 Å². The summed E-state index contributed by atoms with van der Waals surface area (Å²) in [5.74, 6) is -0.897. The quantitative estimate of drug-likeness (QED) is 0.520. The molecule has 4 rings (SSSR count). The number of likely N-dealkylation sites (N-methyl/N-ethyl adjacent to an activating group) is 1. The molecule has 0 amide bonds. The van der Waals surface area contributed by atoms with Crippen LogP contribution in [-0.4, -0.2) is 45.9 Å². The highest BCUT2D eigenvalue weighted by molar-refractivity contribution is 6.33. The van der Waals surface area contributed by atoms with Crippen LogP contribution in [0, 0.1) is 0 Å². The minimum Gasteiger partial charge on any atom is -0.439 e. The number of ether oxygens (including phenoxy) is 2. The van der Waals surface area contributed by atoms with Crippen molar-refractivity contribution >= 4 is 17.3 Å². The molecule has 180 valence electrons. The van der Waals surface area contributed by atoms with Gasteiger partial charge in [0.1, 0.15) is 10.8 Å². The minimum atomic E-state index is -1.76. The summed E-state index contributed by atoms with van der Waals surface area (Å²) >= 11 is 6.32. The van der Waals surface area contributed by atoms with Crippen molar-refractivity contribution in [2.45, 2.75) is 38.1 Å². The van der Waals surface area contributed by atoms with Crippen molar-refractivity contribution in [1.82, 2.24) is 14.8 Å². The summed E-state index contributed by atoms with van der Waals surface area (Å²) in [4.78, 5) is 18.4. The van der Waals surface area contributed by atoms with E-state index in [1.54, 1.807) is 50.2 Å². The first-order valence-electron chi connectivity index (χ1n) is 10.8. The van der Waals surface area contributed by atoms with Crippen LogP contribution in [-0.2, 0) is 10.3 Å². The van der Waals surface area contributed by atoms with Crippen molar-refractivity contribution in [2.75, 3.05) is 25.2 Å². The van der Waals surface area contributed by atoms with Gasteiger partial charge in [0.05, 0.1) is 36.0 Å². The number of rotatable bonds is 6. The normalized spacial score (nSPS) is 18.5. The molecule has 1 N–H and O–H groups in total. The SMILES string of the molecule is CN(c1cnn(-c2ccc(Oc3ccc(C(C)(C)O)cc3)nc2)c(=O)c1Cl)[C@]1(F)CCCOC1. The number of nitrogens with zero attached hydrogens (tertiary/aromatic N) is 4. The van der Waals surface area contributed by atoms with E-state index in [2.05, 4.69) is 10.1 Å². The molecule has 34 heavy (non-hydrogen) atoms. The Labute approximate surface area is 201 Å². The van der Waals surface area contributed by atoms with E-state index in [1.165, 1.54) is 24.3 Å². The monoisotopic (exact) mass is 488 g/mol. The fourth-order valence-electron chi connectivity index (χ4n) is 3.68. The maximum absolute atomic E-state index is 15.3. The van der Waals surface area contributed by atoms with Gasteiger partial charge in [-0.3, -0.25) is 4.79 Å². The van der Waals surface area contributed by atoms with E-state index in [0.717, 1.165) is 10.2 Å². The zero-order valence-electron chi connectivity index (χ0n) is 19.2. The molecule has 0 spiro atoms. The molecule has 1 atom stereocenters. The van der Waals surface area contributed by atoms with Crippen LogP contribution in [0.15, 0.2) is 53.6 Å². The number of hydrogen-bond donors (Lipinski definition) is 1. The lowest BCUT2D eigenvalue weighted by molar-refractivity contribution is -0.0301. The molecule has 3 aromatic rings. The smallest absolute Gasteiger partial charge is 0.292 e. The molecule has 1 saturated heterocycles. The van der Waals surface area contributed by atoms with Gasteiger partial charge in [0.2, 0.25) is 11.7 Å². The molecule has 2 aromatic heterocycles. The number of halogens is 2. The van der Waals surface area contributed by atoms with Crippen LogP contribution in [0.4, 0.5) is 10.1 Å².